The van der Waals surface area contributed by atoms with Crippen LogP contribution in [-0.4, -0.2) is 36.0 Å². The van der Waals surface area contributed by atoms with Gasteiger partial charge in [0.15, 0.2) is 0 Å². The fraction of sp³-hybridized carbons (Fsp3) is 0.429. The van der Waals surface area contributed by atoms with E-state index >= 15 is 0 Å². The van der Waals surface area contributed by atoms with E-state index < -0.39 is 0 Å². The molecule has 0 spiro atoms. The lowest BCUT2D eigenvalue weighted by molar-refractivity contribution is -0.119. The van der Waals surface area contributed by atoms with Crippen molar-refractivity contribution in [1.29, 1.82) is 0 Å². The van der Waals surface area contributed by atoms with Crippen molar-refractivity contribution in [3.63, 3.8) is 0 Å². The Bertz CT molecular complexity index is 499. The molecule has 2 N–H and O–H groups in total. The predicted octanol–water partition coefficient (Wildman–Crippen LogP) is 1.96. The average Bonchev–Trinajstić information content (AvgIpc) is 2.38. The highest BCUT2D eigenvalue weighted by Crippen LogP contribution is 2.14. The van der Waals surface area contributed by atoms with E-state index in [1.807, 2.05) is 0 Å². The molecule has 2 rings (SSSR count). The van der Waals surface area contributed by atoms with Crippen LogP contribution in [0.3, 0.4) is 0 Å². The first-order valence-electron chi connectivity index (χ1n) is 6.63. The lowest BCUT2D eigenvalue weighted by Gasteiger charge is -2.32. The maximum atomic E-state index is 13.0. The van der Waals surface area contributed by atoms with Gasteiger partial charge in [-0.1, -0.05) is 6.07 Å². The van der Waals surface area contributed by atoms with Gasteiger partial charge in [0.1, 0.15) is 5.82 Å². The molecule has 0 bridgehead atoms. The molecule has 1 aliphatic rings. The molecular weight excluding hydrogens is 261 g/mol. The Balaban J connectivity index is 1.84. The number of benzene rings is 1. The average molecular weight is 279 g/mol. The number of anilines is 1. The number of rotatable bonds is 2. The van der Waals surface area contributed by atoms with Crippen molar-refractivity contribution in [3.8, 4) is 0 Å². The maximum absolute atomic E-state index is 13.0. The summed E-state index contributed by atoms with van der Waals surface area (Å²) in [4.78, 5) is 24.6. The summed E-state index contributed by atoms with van der Waals surface area (Å²) < 4.78 is 13.0. The molecule has 5 nitrogen and oxygen atoms in total. The van der Waals surface area contributed by atoms with Crippen LogP contribution in [0.25, 0.3) is 0 Å². The molecule has 6 heteroatoms. The standard InChI is InChI=1S/C14H18FN3O2/c1-10(19)16-12-5-7-18(8-6-12)14(20)17-13-4-2-3-11(15)9-13/h2-4,9,12H,5-8H2,1H3,(H,16,19)(H,17,20). The van der Waals surface area contributed by atoms with Crippen molar-refractivity contribution >= 4 is 17.6 Å². The number of hydrogen-bond acceptors (Lipinski definition) is 2. The SMILES string of the molecule is CC(=O)NC1CCN(C(=O)Nc2cccc(F)c2)CC1. The molecule has 0 aromatic heterocycles. The first-order chi connectivity index (χ1) is 9.54. The second-order valence-corrected chi connectivity index (χ2v) is 4.90. The van der Waals surface area contributed by atoms with E-state index in [-0.39, 0.29) is 23.8 Å². The zero-order valence-corrected chi connectivity index (χ0v) is 11.4. The monoisotopic (exact) mass is 279 g/mol. The highest BCUT2D eigenvalue weighted by Gasteiger charge is 2.23. The number of hydrogen-bond donors (Lipinski definition) is 2. The Morgan fingerprint density at radius 2 is 2.00 bits per heavy atom. The van der Waals surface area contributed by atoms with Gasteiger partial charge in [0.25, 0.3) is 0 Å². The number of urea groups is 1. The Morgan fingerprint density at radius 1 is 1.30 bits per heavy atom. The molecule has 0 aliphatic carbocycles. The van der Waals surface area contributed by atoms with Gasteiger partial charge in [-0.3, -0.25) is 4.79 Å². The third-order valence-corrected chi connectivity index (χ3v) is 3.27. The molecule has 1 aromatic carbocycles. The molecule has 1 saturated heterocycles. The van der Waals surface area contributed by atoms with Gasteiger partial charge in [0.2, 0.25) is 5.91 Å². The number of nitrogens with zero attached hydrogens (tertiary/aromatic N) is 1. The predicted molar refractivity (Wildman–Crippen MR) is 73.8 cm³/mol. The van der Waals surface area contributed by atoms with Crippen LogP contribution in [0, 0.1) is 5.82 Å². The van der Waals surface area contributed by atoms with Crippen molar-refractivity contribution in [3.05, 3.63) is 30.1 Å². The summed E-state index contributed by atoms with van der Waals surface area (Å²) in [6.45, 7) is 2.64. The third-order valence-electron chi connectivity index (χ3n) is 3.27. The van der Waals surface area contributed by atoms with Gasteiger partial charge in [0, 0.05) is 31.7 Å². The van der Waals surface area contributed by atoms with Gasteiger partial charge < -0.3 is 15.5 Å². The van der Waals surface area contributed by atoms with Crippen LogP contribution in [0.2, 0.25) is 0 Å². The smallest absolute Gasteiger partial charge is 0.321 e. The summed E-state index contributed by atoms with van der Waals surface area (Å²) in [6.07, 6.45) is 1.46. The Labute approximate surface area is 117 Å². The summed E-state index contributed by atoms with van der Waals surface area (Å²) >= 11 is 0. The fourth-order valence-corrected chi connectivity index (χ4v) is 2.28. The van der Waals surface area contributed by atoms with Crippen LogP contribution < -0.4 is 10.6 Å². The van der Waals surface area contributed by atoms with Crippen molar-refractivity contribution < 1.29 is 14.0 Å². The van der Waals surface area contributed by atoms with E-state index in [1.54, 1.807) is 17.0 Å². The molecule has 20 heavy (non-hydrogen) atoms. The zero-order valence-electron chi connectivity index (χ0n) is 11.4. The number of likely N-dealkylation sites (tertiary alicyclic amines) is 1. The quantitative estimate of drug-likeness (QED) is 0.869. The number of amides is 3. The Hall–Kier alpha value is -2.11. The second kappa shape index (κ2) is 6.36. The van der Waals surface area contributed by atoms with E-state index in [2.05, 4.69) is 10.6 Å². The second-order valence-electron chi connectivity index (χ2n) is 4.90. The Kier molecular flexibility index (Phi) is 4.55. The molecular formula is C14H18FN3O2. The van der Waals surface area contributed by atoms with Crippen molar-refractivity contribution in [2.45, 2.75) is 25.8 Å². The molecule has 1 heterocycles. The van der Waals surface area contributed by atoms with E-state index in [9.17, 15) is 14.0 Å². The number of carbonyl (C=O) groups is 2. The minimum Gasteiger partial charge on any atom is -0.353 e. The van der Waals surface area contributed by atoms with Crippen LogP contribution in [0.1, 0.15) is 19.8 Å². The van der Waals surface area contributed by atoms with Crippen molar-refractivity contribution in [2.24, 2.45) is 0 Å². The van der Waals surface area contributed by atoms with Gasteiger partial charge in [-0.2, -0.15) is 0 Å². The third kappa shape index (κ3) is 3.94. The molecule has 0 atom stereocenters. The molecule has 1 aromatic rings. The topological polar surface area (TPSA) is 61.4 Å². The molecule has 0 saturated carbocycles. The van der Waals surface area contributed by atoms with Crippen LogP contribution in [-0.2, 0) is 4.79 Å². The van der Waals surface area contributed by atoms with Gasteiger partial charge >= 0.3 is 6.03 Å². The molecule has 0 radical (unpaired) electrons. The molecule has 108 valence electrons. The molecule has 0 unspecified atom stereocenters. The lowest BCUT2D eigenvalue weighted by atomic mass is 10.1. The summed E-state index contributed by atoms with van der Waals surface area (Å²) in [7, 11) is 0. The first kappa shape index (κ1) is 14.3. The fourth-order valence-electron chi connectivity index (χ4n) is 2.28. The number of halogens is 1. The van der Waals surface area contributed by atoms with Crippen LogP contribution >= 0.6 is 0 Å². The number of piperidine rings is 1. The molecule has 1 aliphatic heterocycles. The maximum Gasteiger partial charge on any atom is 0.321 e. The van der Waals surface area contributed by atoms with Gasteiger partial charge in [-0.25, -0.2) is 9.18 Å². The highest BCUT2D eigenvalue weighted by atomic mass is 19.1. The largest absolute Gasteiger partial charge is 0.353 e. The van der Waals surface area contributed by atoms with Crippen LogP contribution in [0.5, 0.6) is 0 Å². The highest BCUT2D eigenvalue weighted by molar-refractivity contribution is 5.89. The minimum absolute atomic E-state index is 0.0485. The van der Waals surface area contributed by atoms with Crippen LogP contribution in [0.4, 0.5) is 14.9 Å². The van der Waals surface area contributed by atoms with Crippen LogP contribution in [0.15, 0.2) is 24.3 Å². The molecule has 3 amide bonds. The summed E-state index contributed by atoms with van der Waals surface area (Å²) in [5.41, 5.74) is 0.444. The zero-order chi connectivity index (χ0) is 14.5. The van der Waals surface area contributed by atoms with Gasteiger partial charge in [0.05, 0.1) is 0 Å². The van der Waals surface area contributed by atoms with Crippen molar-refractivity contribution in [2.75, 3.05) is 18.4 Å². The Morgan fingerprint density at radius 3 is 2.60 bits per heavy atom. The normalized spacial score (nSPS) is 15.8. The van der Waals surface area contributed by atoms with Crippen molar-refractivity contribution in [1.82, 2.24) is 10.2 Å². The minimum atomic E-state index is -0.382. The van der Waals surface area contributed by atoms with E-state index in [0.29, 0.717) is 18.8 Å². The van der Waals surface area contributed by atoms with Gasteiger partial charge in [-0.15, -0.1) is 0 Å². The van der Waals surface area contributed by atoms with Gasteiger partial charge in [-0.05, 0) is 31.0 Å². The molecule has 1 fully saturated rings. The van der Waals surface area contributed by atoms with E-state index in [4.69, 9.17) is 0 Å². The van der Waals surface area contributed by atoms with E-state index in [1.165, 1.54) is 19.1 Å². The summed E-state index contributed by atoms with van der Waals surface area (Å²) in [5.74, 6) is -0.431. The number of nitrogens with one attached hydrogen (secondary N) is 2. The summed E-state index contributed by atoms with van der Waals surface area (Å²) in [6, 6.07) is 5.69. The summed E-state index contributed by atoms with van der Waals surface area (Å²) in [5, 5.41) is 5.52. The van der Waals surface area contributed by atoms with E-state index in [0.717, 1.165) is 12.8 Å². The first-order valence-corrected chi connectivity index (χ1v) is 6.63. The number of carbonyl (C=O) groups excluding carboxylic acids is 2. The lowest BCUT2D eigenvalue weighted by Crippen LogP contribution is -2.47.